The highest BCUT2D eigenvalue weighted by molar-refractivity contribution is 4.84. The number of hydrogen-bond donors (Lipinski definition) is 1. The van der Waals surface area contributed by atoms with Crippen molar-refractivity contribution < 1.29 is 0 Å². The van der Waals surface area contributed by atoms with Crippen LogP contribution in [0.5, 0.6) is 0 Å². The lowest BCUT2D eigenvalue weighted by atomic mass is 9.81. The number of hydrogen-bond acceptors (Lipinski definition) is 1. The van der Waals surface area contributed by atoms with Crippen molar-refractivity contribution in [3.63, 3.8) is 0 Å². The molecule has 0 aromatic rings. The van der Waals surface area contributed by atoms with Crippen molar-refractivity contribution in [1.29, 1.82) is 0 Å². The zero-order valence-electron chi connectivity index (χ0n) is 9.15. The van der Waals surface area contributed by atoms with Crippen molar-refractivity contribution in [2.24, 2.45) is 11.3 Å². The highest BCUT2D eigenvalue weighted by atomic mass is 14.9. The summed E-state index contributed by atoms with van der Waals surface area (Å²) >= 11 is 0. The Morgan fingerprint density at radius 3 is 2.17 bits per heavy atom. The Labute approximate surface area is 77.2 Å². The summed E-state index contributed by atoms with van der Waals surface area (Å²) in [5, 5.41) is 3.44. The van der Waals surface area contributed by atoms with E-state index in [1.807, 2.05) is 6.08 Å². The van der Waals surface area contributed by atoms with E-state index in [-0.39, 0.29) is 0 Å². The van der Waals surface area contributed by atoms with Gasteiger partial charge < -0.3 is 5.32 Å². The normalized spacial score (nSPS) is 14.8. The second-order valence-corrected chi connectivity index (χ2v) is 4.55. The lowest BCUT2D eigenvalue weighted by Gasteiger charge is -2.30. The molecule has 0 saturated carbocycles. The van der Waals surface area contributed by atoms with Crippen molar-refractivity contribution in [3.05, 3.63) is 12.7 Å². The molecule has 12 heavy (non-hydrogen) atoms. The van der Waals surface area contributed by atoms with Crippen LogP contribution in [0.15, 0.2) is 12.7 Å². The van der Waals surface area contributed by atoms with Crippen LogP contribution in [0.4, 0.5) is 0 Å². The molecule has 0 aromatic heterocycles. The van der Waals surface area contributed by atoms with E-state index < -0.39 is 0 Å². The fraction of sp³-hybridized carbons (Fsp3) is 0.818. The lowest BCUT2D eigenvalue weighted by Crippen LogP contribution is -2.37. The molecule has 0 aliphatic heterocycles. The van der Waals surface area contributed by atoms with Crippen molar-refractivity contribution in [2.75, 3.05) is 6.54 Å². The van der Waals surface area contributed by atoms with E-state index in [0.717, 1.165) is 6.54 Å². The molecular formula is C11H23N. The first-order valence-corrected chi connectivity index (χ1v) is 4.76. The van der Waals surface area contributed by atoms with Crippen LogP contribution in [0.2, 0.25) is 0 Å². The Kier molecular flexibility index (Phi) is 4.54. The molecule has 0 rings (SSSR count). The van der Waals surface area contributed by atoms with Gasteiger partial charge in [-0.1, -0.05) is 33.8 Å². The smallest absolute Gasteiger partial charge is 0.0219 e. The minimum absolute atomic E-state index is 0.372. The van der Waals surface area contributed by atoms with Crippen LogP contribution in [0.25, 0.3) is 0 Å². The molecule has 0 saturated heterocycles. The third kappa shape index (κ3) is 3.91. The predicted octanol–water partition coefficient (Wildman–Crippen LogP) is 2.83. The number of nitrogens with one attached hydrogen (secondary N) is 1. The van der Waals surface area contributed by atoms with Gasteiger partial charge in [-0.25, -0.2) is 0 Å². The van der Waals surface area contributed by atoms with Crippen molar-refractivity contribution >= 4 is 0 Å². The van der Waals surface area contributed by atoms with E-state index >= 15 is 0 Å². The molecule has 1 heteroatoms. The van der Waals surface area contributed by atoms with Gasteiger partial charge in [0.1, 0.15) is 0 Å². The fourth-order valence-electron chi connectivity index (χ4n) is 0.711. The van der Waals surface area contributed by atoms with Gasteiger partial charge in [-0.05, 0) is 18.3 Å². The molecule has 0 aromatic carbocycles. The third-order valence-electron chi connectivity index (χ3n) is 2.80. The summed E-state index contributed by atoms with van der Waals surface area (Å²) in [7, 11) is 0. The Bertz CT molecular complexity index is 136. The molecule has 72 valence electrons. The maximum atomic E-state index is 3.74. The van der Waals surface area contributed by atoms with Crippen LogP contribution in [0.1, 0.15) is 34.6 Å². The standard InChI is InChI=1S/C11H23N/c1-7-10(4)12-8-11(5,6)9(2)3/h7,9-10,12H,1,8H2,2-6H3. The molecule has 1 N–H and O–H groups in total. The SMILES string of the molecule is C=CC(C)NCC(C)(C)C(C)C. The van der Waals surface area contributed by atoms with Gasteiger partial charge in [0.2, 0.25) is 0 Å². The lowest BCUT2D eigenvalue weighted by molar-refractivity contribution is 0.235. The Morgan fingerprint density at radius 1 is 1.33 bits per heavy atom. The molecule has 1 nitrogen and oxygen atoms in total. The number of rotatable bonds is 5. The monoisotopic (exact) mass is 169 g/mol. The molecule has 0 aliphatic carbocycles. The molecule has 1 atom stereocenters. The molecule has 0 heterocycles. The Morgan fingerprint density at radius 2 is 1.83 bits per heavy atom. The quantitative estimate of drug-likeness (QED) is 0.624. The molecule has 0 fully saturated rings. The summed E-state index contributed by atoms with van der Waals surface area (Å²) in [6.07, 6.45) is 1.94. The van der Waals surface area contributed by atoms with Crippen LogP contribution < -0.4 is 5.32 Å². The summed E-state index contributed by atoms with van der Waals surface area (Å²) in [5.74, 6) is 0.710. The van der Waals surface area contributed by atoms with E-state index in [1.165, 1.54) is 0 Å². The zero-order chi connectivity index (χ0) is 9.78. The van der Waals surface area contributed by atoms with Gasteiger partial charge in [0, 0.05) is 12.6 Å². The summed E-state index contributed by atoms with van der Waals surface area (Å²) in [5.41, 5.74) is 0.372. The molecule has 0 amide bonds. The predicted molar refractivity (Wildman–Crippen MR) is 56.3 cm³/mol. The second-order valence-electron chi connectivity index (χ2n) is 4.55. The average Bonchev–Trinajstić information content (AvgIpc) is 2.00. The van der Waals surface area contributed by atoms with Crippen LogP contribution >= 0.6 is 0 Å². The Balaban J connectivity index is 3.83. The van der Waals surface area contributed by atoms with Crippen LogP contribution in [-0.2, 0) is 0 Å². The van der Waals surface area contributed by atoms with Crippen molar-refractivity contribution in [2.45, 2.75) is 40.7 Å². The first-order valence-electron chi connectivity index (χ1n) is 4.76. The summed E-state index contributed by atoms with van der Waals surface area (Å²) < 4.78 is 0. The molecule has 0 radical (unpaired) electrons. The van der Waals surface area contributed by atoms with Gasteiger partial charge in [0.05, 0.1) is 0 Å². The maximum Gasteiger partial charge on any atom is 0.0219 e. The molecule has 1 unspecified atom stereocenters. The third-order valence-corrected chi connectivity index (χ3v) is 2.80. The van der Waals surface area contributed by atoms with E-state index in [0.29, 0.717) is 17.4 Å². The molecule has 0 spiro atoms. The first kappa shape index (κ1) is 11.7. The topological polar surface area (TPSA) is 12.0 Å². The average molecular weight is 169 g/mol. The van der Waals surface area contributed by atoms with Crippen LogP contribution in [-0.4, -0.2) is 12.6 Å². The molecular weight excluding hydrogens is 146 g/mol. The van der Waals surface area contributed by atoms with Crippen LogP contribution in [0.3, 0.4) is 0 Å². The fourth-order valence-corrected chi connectivity index (χ4v) is 0.711. The summed E-state index contributed by atoms with van der Waals surface area (Å²) in [6, 6.07) is 0.419. The Hall–Kier alpha value is -0.300. The van der Waals surface area contributed by atoms with Gasteiger partial charge >= 0.3 is 0 Å². The van der Waals surface area contributed by atoms with E-state index in [1.54, 1.807) is 0 Å². The van der Waals surface area contributed by atoms with E-state index in [9.17, 15) is 0 Å². The largest absolute Gasteiger partial charge is 0.310 e. The minimum Gasteiger partial charge on any atom is -0.310 e. The maximum absolute atomic E-state index is 3.74. The van der Waals surface area contributed by atoms with Gasteiger partial charge in [-0.2, -0.15) is 0 Å². The highest BCUT2D eigenvalue weighted by Gasteiger charge is 2.21. The van der Waals surface area contributed by atoms with Crippen molar-refractivity contribution in [3.8, 4) is 0 Å². The van der Waals surface area contributed by atoms with Gasteiger partial charge in [0.15, 0.2) is 0 Å². The van der Waals surface area contributed by atoms with Crippen LogP contribution in [0, 0.1) is 11.3 Å². The second kappa shape index (κ2) is 4.66. The van der Waals surface area contributed by atoms with E-state index in [2.05, 4.69) is 46.5 Å². The summed E-state index contributed by atoms with van der Waals surface area (Å²) in [4.78, 5) is 0. The van der Waals surface area contributed by atoms with Gasteiger partial charge in [0.25, 0.3) is 0 Å². The molecule has 0 aliphatic rings. The first-order chi connectivity index (χ1) is 5.40. The minimum atomic E-state index is 0.372. The highest BCUT2D eigenvalue weighted by Crippen LogP contribution is 2.24. The van der Waals surface area contributed by atoms with Gasteiger partial charge in [-0.3, -0.25) is 0 Å². The zero-order valence-corrected chi connectivity index (χ0v) is 9.15. The molecule has 0 bridgehead atoms. The van der Waals surface area contributed by atoms with E-state index in [4.69, 9.17) is 0 Å². The van der Waals surface area contributed by atoms with Gasteiger partial charge in [-0.15, -0.1) is 6.58 Å². The van der Waals surface area contributed by atoms with Crippen molar-refractivity contribution in [1.82, 2.24) is 5.32 Å². The summed E-state index contributed by atoms with van der Waals surface area (Å²) in [6.45, 7) is 16.0.